The van der Waals surface area contributed by atoms with E-state index in [-0.39, 0.29) is 5.91 Å². The number of nitrogens with one attached hydrogen (secondary N) is 1. The third-order valence-electron chi connectivity index (χ3n) is 3.82. The van der Waals surface area contributed by atoms with Gasteiger partial charge in [0.05, 0.1) is 10.2 Å². The lowest BCUT2D eigenvalue weighted by molar-refractivity contribution is 0.102. The number of aryl methyl sites for hydroxylation is 3. The first-order valence-electron chi connectivity index (χ1n) is 7.54. The van der Waals surface area contributed by atoms with Gasteiger partial charge in [0.2, 0.25) is 0 Å². The first-order valence-corrected chi connectivity index (χ1v) is 8.34. The highest BCUT2D eigenvalue weighted by molar-refractivity contribution is 9.10. The van der Waals surface area contributed by atoms with Crippen LogP contribution < -0.4 is 5.32 Å². The number of aromatic nitrogens is 2. The molecule has 1 N–H and O–H groups in total. The summed E-state index contributed by atoms with van der Waals surface area (Å²) >= 11 is 3.51. The summed E-state index contributed by atoms with van der Waals surface area (Å²) in [5, 5.41) is 2.95. The summed E-state index contributed by atoms with van der Waals surface area (Å²) in [6.07, 6.45) is 2.91. The number of benzene rings is 1. The molecule has 0 spiro atoms. The van der Waals surface area contributed by atoms with Crippen molar-refractivity contribution in [2.24, 2.45) is 0 Å². The summed E-state index contributed by atoms with van der Waals surface area (Å²) in [7, 11) is 0. The first kappa shape index (κ1) is 15.7. The van der Waals surface area contributed by atoms with E-state index in [0.29, 0.717) is 11.4 Å². The molecule has 3 rings (SSSR count). The van der Waals surface area contributed by atoms with Crippen LogP contribution >= 0.6 is 15.9 Å². The molecule has 0 bridgehead atoms. The van der Waals surface area contributed by atoms with E-state index in [0.717, 1.165) is 27.8 Å². The molecular formula is C18H18BrN3O. The summed E-state index contributed by atoms with van der Waals surface area (Å²) in [4.78, 5) is 17.2. The van der Waals surface area contributed by atoms with Gasteiger partial charge in [-0.3, -0.25) is 9.20 Å². The van der Waals surface area contributed by atoms with Crippen LogP contribution in [0.3, 0.4) is 0 Å². The van der Waals surface area contributed by atoms with Gasteiger partial charge in [0.1, 0.15) is 5.69 Å². The summed E-state index contributed by atoms with van der Waals surface area (Å²) in [6, 6.07) is 9.90. The van der Waals surface area contributed by atoms with Crippen molar-refractivity contribution in [1.82, 2.24) is 9.38 Å². The van der Waals surface area contributed by atoms with E-state index in [1.807, 2.05) is 54.8 Å². The number of anilines is 1. The normalized spacial score (nSPS) is 11.0. The minimum atomic E-state index is -0.156. The maximum Gasteiger partial charge on any atom is 0.274 e. The Kier molecular flexibility index (Phi) is 4.22. The number of hydrogen-bond donors (Lipinski definition) is 1. The van der Waals surface area contributed by atoms with Crippen LogP contribution in [0.4, 0.5) is 5.69 Å². The number of rotatable bonds is 3. The number of amides is 1. The van der Waals surface area contributed by atoms with Crippen molar-refractivity contribution in [3.05, 3.63) is 63.5 Å². The van der Waals surface area contributed by atoms with Gasteiger partial charge in [-0.25, -0.2) is 4.98 Å². The molecule has 0 fully saturated rings. The molecule has 0 aliphatic carbocycles. The predicted octanol–water partition coefficient (Wildman–Crippen LogP) is 4.53. The molecule has 4 nitrogen and oxygen atoms in total. The van der Waals surface area contributed by atoms with E-state index < -0.39 is 0 Å². The molecular weight excluding hydrogens is 354 g/mol. The number of halogens is 1. The average molecular weight is 372 g/mol. The minimum absolute atomic E-state index is 0.156. The number of pyridine rings is 1. The fraction of sp³-hybridized carbons (Fsp3) is 0.222. The van der Waals surface area contributed by atoms with Crippen molar-refractivity contribution in [3.63, 3.8) is 0 Å². The van der Waals surface area contributed by atoms with Crippen LogP contribution in [0.25, 0.3) is 5.65 Å². The lowest BCUT2D eigenvalue weighted by Crippen LogP contribution is -2.15. The van der Waals surface area contributed by atoms with Crippen molar-refractivity contribution >= 4 is 33.2 Å². The van der Waals surface area contributed by atoms with Gasteiger partial charge >= 0.3 is 0 Å². The Balaban J connectivity index is 1.98. The molecule has 2 aromatic heterocycles. The first-order chi connectivity index (χ1) is 11.0. The fourth-order valence-electron chi connectivity index (χ4n) is 2.63. The zero-order valence-electron chi connectivity index (χ0n) is 13.4. The Morgan fingerprint density at radius 3 is 2.61 bits per heavy atom. The molecule has 5 heteroatoms. The summed E-state index contributed by atoms with van der Waals surface area (Å²) < 4.78 is 2.72. The van der Waals surface area contributed by atoms with Gasteiger partial charge < -0.3 is 5.32 Å². The van der Waals surface area contributed by atoms with Crippen LogP contribution in [-0.4, -0.2) is 15.3 Å². The van der Waals surface area contributed by atoms with E-state index in [1.165, 1.54) is 5.56 Å². The molecule has 0 radical (unpaired) electrons. The molecule has 118 valence electrons. The Hall–Kier alpha value is -2.14. The fourth-order valence-corrected chi connectivity index (χ4v) is 3.27. The molecule has 3 aromatic rings. The van der Waals surface area contributed by atoms with Gasteiger partial charge in [-0.05, 0) is 65.5 Å². The molecule has 0 saturated heterocycles. The zero-order valence-corrected chi connectivity index (χ0v) is 14.9. The van der Waals surface area contributed by atoms with E-state index >= 15 is 0 Å². The Bertz CT molecular complexity index is 881. The van der Waals surface area contributed by atoms with E-state index in [2.05, 4.69) is 33.2 Å². The molecule has 0 atom stereocenters. The number of fused-ring (bicyclic) bond motifs is 1. The SMILES string of the molecule is CCc1ccc(NC(=O)c2c(C)nc3c(Br)cc(C)cn23)cc1. The monoisotopic (exact) mass is 371 g/mol. The van der Waals surface area contributed by atoms with Gasteiger partial charge in [-0.15, -0.1) is 0 Å². The molecule has 2 heterocycles. The highest BCUT2D eigenvalue weighted by Gasteiger charge is 2.18. The maximum atomic E-state index is 12.7. The number of carbonyl (C=O) groups excluding carboxylic acids is 1. The van der Waals surface area contributed by atoms with Crippen LogP contribution in [0, 0.1) is 13.8 Å². The van der Waals surface area contributed by atoms with Crippen molar-refractivity contribution in [2.75, 3.05) is 5.32 Å². The van der Waals surface area contributed by atoms with Crippen molar-refractivity contribution < 1.29 is 4.79 Å². The van der Waals surface area contributed by atoms with Gasteiger partial charge in [0.25, 0.3) is 5.91 Å². The van der Waals surface area contributed by atoms with E-state index in [9.17, 15) is 4.79 Å². The number of nitrogens with zero attached hydrogens (tertiary/aromatic N) is 2. The predicted molar refractivity (Wildman–Crippen MR) is 96.1 cm³/mol. The topological polar surface area (TPSA) is 46.4 Å². The molecule has 0 aliphatic rings. The van der Waals surface area contributed by atoms with Crippen molar-refractivity contribution in [1.29, 1.82) is 0 Å². The van der Waals surface area contributed by atoms with Crippen molar-refractivity contribution in [2.45, 2.75) is 27.2 Å². The molecule has 0 saturated carbocycles. The van der Waals surface area contributed by atoms with Crippen LogP contribution in [0.2, 0.25) is 0 Å². The van der Waals surface area contributed by atoms with Gasteiger partial charge in [-0.2, -0.15) is 0 Å². The summed E-state index contributed by atoms with van der Waals surface area (Å²) in [6.45, 7) is 5.95. The van der Waals surface area contributed by atoms with Gasteiger partial charge in [-0.1, -0.05) is 19.1 Å². The van der Waals surface area contributed by atoms with Gasteiger partial charge in [0, 0.05) is 11.9 Å². The molecule has 0 unspecified atom stereocenters. The summed E-state index contributed by atoms with van der Waals surface area (Å²) in [5.41, 5.74) is 5.10. The maximum absolute atomic E-state index is 12.7. The second kappa shape index (κ2) is 6.16. The largest absolute Gasteiger partial charge is 0.321 e. The minimum Gasteiger partial charge on any atom is -0.321 e. The number of hydrogen-bond acceptors (Lipinski definition) is 2. The number of carbonyl (C=O) groups is 1. The Labute approximate surface area is 143 Å². The highest BCUT2D eigenvalue weighted by Crippen LogP contribution is 2.23. The number of imidazole rings is 1. The Morgan fingerprint density at radius 2 is 1.96 bits per heavy atom. The van der Waals surface area contributed by atoms with Crippen LogP contribution in [0.15, 0.2) is 41.0 Å². The third-order valence-corrected chi connectivity index (χ3v) is 4.40. The molecule has 0 aliphatic heterocycles. The molecule has 1 aromatic carbocycles. The highest BCUT2D eigenvalue weighted by atomic mass is 79.9. The smallest absolute Gasteiger partial charge is 0.274 e. The van der Waals surface area contributed by atoms with Crippen LogP contribution in [0.1, 0.15) is 34.2 Å². The quantitative estimate of drug-likeness (QED) is 0.734. The second-order valence-corrected chi connectivity index (χ2v) is 6.46. The molecule has 1 amide bonds. The zero-order chi connectivity index (χ0) is 16.6. The second-order valence-electron chi connectivity index (χ2n) is 5.61. The van der Waals surface area contributed by atoms with Gasteiger partial charge in [0.15, 0.2) is 5.65 Å². The van der Waals surface area contributed by atoms with Crippen LogP contribution in [0.5, 0.6) is 0 Å². The third kappa shape index (κ3) is 3.01. The van der Waals surface area contributed by atoms with E-state index in [1.54, 1.807) is 0 Å². The summed E-state index contributed by atoms with van der Waals surface area (Å²) in [5.74, 6) is -0.156. The standard InChI is InChI=1S/C18H18BrN3O/c1-4-13-5-7-14(8-6-13)21-18(23)16-12(3)20-17-15(19)9-11(2)10-22(16)17/h5-10H,4H2,1-3H3,(H,21,23). The Morgan fingerprint density at radius 1 is 1.26 bits per heavy atom. The van der Waals surface area contributed by atoms with Crippen molar-refractivity contribution in [3.8, 4) is 0 Å². The van der Waals surface area contributed by atoms with Crippen LogP contribution in [-0.2, 0) is 6.42 Å². The lowest BCUT2D eigenvalue weighted by Gasteiger charge is -2.08. The van der Waals surface area contributed by atoms with E-state index in [4.69, 9.17) is 0 Å². The molecule has 23 heavy (non-hydrogen) atoms. The average Bonchev–Trinajstić information content (AvgIpc) is 2.84. The lowest BCUT2D eigenvalue weighted by atomic mass is 10.1.